The number of hydrogen-bond donors (Lipinski definition) is 1. The monoisotopic (exact) mass is 165 g/mol. The van der Waals surface area contributed by atoms with Crippen LogP contribution in [0.4, 0.5) is 8.78 Å². The number of aryl methyl sites for hydroxylation is 1. The van der Waals surface area contributed by atoms with E-state index in [9.17, 15) is 13.6 Å². The number of H-pyrrole nitrogens is 1. The number of nitrogens with one attached hydrogen (secondary N) is 1. The van der Waals surface area contributed by atoms with Gasteiger partial charge in [-0.1, -0.05) is 7.43 Å². The maximum atomic E-state index is 11.7. The van der Waals surface area contributed by atoms with Crippen molar-refractivity contribution in [2.24, 2.45) is 7.05 Å². The summed E-state index contributed by atoms with van der Waals surface area (Å²) in [5.74, 6) is -0.590. The van der Waals surface area contributed by atoms with Crippen molar-refractivity contribution < 1.29 is 8.78 Å². The third-order valence-electron chi connectivity index (χ3n) is 0.993. The van der Waals surface area contributed by atoms with Gasteiger partial charge >= 0.3 is 5.69 Å². The Hall–Kier alpha value is -1.20. The van der Waals surface area contributed by atoms with Gasteiger partial charge in [0.15, 0.2) is 5.82 Å². The molecule has 0 fully saturated rings. The molecule has 1 rings (SSSR count). The number of aromatic nitrogens is 3. The van der Waals surface area contributed by atoms with E-state index in [-0.39, 0.29) is 7.43 Å². The first kappa shape index (κ1) is 9.80. The van der Waals surface area contributed by atoms with Gasteiger partial charge in [-0.2, -0.15) is 0 Å². The molecule has 0 radical (unpaired) electrons. The summed E-state index contributed by atoms with van der Waals surface area (Å²) in [4.78, 5) is 12.3. The van der Waals surface area contributed by atoms with E-state index < -0.39 is 17.9 Å². The van der Waals surface area contributed by atoms with Crippen molar-refractivity contribution in [3.05, 3.63) is 16.3 Å². The fourth-order valence-corrected chi connectivity index (χ4v) is 0.521. The molecule has 0 saturated heterocycles. The summed E-state index contributed by atoms with van der Waals surface area (Å²) < 4.78 is 24.2. The second-order valence-corrected chi connectivity index (χ2v) is 1.74. The fourth-order valence-electron chi connectivity index (χ4n) is 0.521. The highest BCUT2D eigenvalue weighted by atomic mass is 19.3. The molecule has 64 valence electrons. The quantitative estimate of drug-likeness (QED) is 0.665. The fraction of sp³-hybridized carbons (Fsp3) is 0.600. The van der Waals surface area contributed by atoms with Gasteiger partial charge in [0.1, 0.15) is 0 Å². The van der Waals surface area contributed by atoms with Crippen LogP contribution in [0.1, 0.15) is 19.7 Å². The zero-order valence-corrected chi connectivity index (χ0v) is 5.14. The molecule has 1 N–H and O–H groups in total. The van der Waals surface area contributed by atoms with E-state index in [1.54, 1.807) is 0 Å². The molecule has 0 spiro atoms. The highest BCUT2D eigenvalue weighted by Crippen LogP contribution is 2.10. The molecule has 0 aromatic carbocycles. The Morgan fingerprint density at radius 2 is 2.18 bits per heavy atom. The van der Waals surface area contributed by atoms with Gasteiger partial charge in [0.2, 0.25) is 0 Å². The Morgan fingerprint density at radius 3 is 2.36 bits per heavy atom. The van der Waals surface area contributed by atoms with Crippen LogP contribution in [0.15, 0.2) is 4.79 Å². The second kappa shape index (κ2) is 3.27. The molecule has 6 heteroatoms. The van der Waals surface area contributed by atoms with Gasteiger partial charge in [0, 0.05) is 7.05 Å². The first-order valence-electron chi connectivity index (χ1n) is 2.52. The molecular weight excluding hydrogens is 156 g/mol. The predicted molar refractivity (Wildman–Crippen MR) is 35.5 cm³/mol. The van der Waals surface area contributed by atoms with Crippen LogP contribution in [-0.2, 0) is 7.05 Å². The van der Waals surface area contributed by atoms with Crippen LogP contribution in [0.5, 0.6) is 0 Å². The van der Waals surface area contributed by atoms with Crippen molar-refractivity contribution in [1.29, 1.82) is 0 Å². The molecule has 4 nitrogen and oxygen atoms in total. The lowest BCUT2D eigenvalue weighted by molar-refractivity contribution is 0.140. The van der Waals surface area contributed by atoms with Gasteiger partial charge in [0.25, 0.3) is 6.43 Å². The smallest absolute Gasteiger partial charge is 0.288 e. The minimum Gasteiger partial charge on any atom is -0.288 e. The Balaban J connectivity index is 0.000001000. The number of halogens is 2. The van der Waals surface area contributed by atoms with Crippen LogP contribution in [0.3, 0.4) is 0 Å². The van der Waals surface area contributed by atoms with E-state index in [2.05, 4.69) is 5.10 Å². The highest BCUT2D eigenvalue weighted by molar-refractivity contribution is 4.82. The normalized spacial score (nSPS) is 9.82. The Kier molecular flexibility index (Phi) is 2.91. The Morgan fingerprint density at radius 1 is 1.64 bits per heavy atom. The van der Waals surface area contributed by atoms with Gasteiger partial charge in [0.05, 0.1) is 0 Å². The average molecular weight is 165 g/mol. The second-order valence-electron chi connectivity index (χ2n) is 1.74. The lowest BCUT2D eigenvalue weighted by Crippen LogP contribution is -2.13. The van der Waals surface area contributed by atoms with Gasteiger partial charge in [-0.25, -0.2) is 18.3 Å². The molecule has 0 saturated carbocycles. The summed E-state index contributed by atoms with van der Waals surface area (Å²) in [5, 5.41) is 3.21. The minimum atomic E-state index is -2.71. The van der Waals surface area contributed by atoms with Crippen LogP contribution in [0.2, 0.25) is 0 Å². The van der Waals surface area contributed by atoms with Crippen molar-refractivity contribution in [1.82, 2.24) is 14.8 Å². The Labute approximate surface area is 61.9 Å². The van der Waals surface area contributed by atoms with Gasteiger partial charge in [-0.3, -0.25) is 4.98 Å². The maximum absolute atomic E-state index is 11.7. The molecular formula is C5H9F2N3O. The lowest BCUT2D eigenvalue weighted by atomic mass is 10.7. The minimum absolute atomic E-state index is 0. The van der Waals surface area contributed by atoms with E-state index in [1.165, 1.54) is 7.05 Å². The molecule has 0 aliphatic rings. The topological polar surface area (TPSA) is 50.7 Å². The number of aromatic amines is 1. The maximum Gasteiger partial charge on any atom is 0.343 e. The van der Waals surface area contributed by atoms with E-state index in [1.807, 2.05) is 4.98 Å². The largest absolute Gasteiger partial charge is 0.343 e. The summed E-state index contributed by atoms with van der Waals surface area (Å²) in [6.07, 6.45) is -2.71. The highest BCUT2D eigenvalue weighted by Gasteiger charge is 2.11. The number of hydrogen-bond acceptors (Lipinski definition) is 2. The standard InChI is InChI=1S/C4H5F2N3O.CH4/c1-9-4(10)7-3(8-9)2(5)6;/h2H,1H3,(H,7,8,10);1H4. The van der Waals surface area contributed by atoms with Crippen LogP contribution in [-0.4, -0.2) is 14.8 Å². The molecule has 0 aliphatic carbocycles. The van der Waals surface area contributed by atoms with Crippen molar-refractivity contribution in [2.75, 3.05) is 0 Å². The molecule has 0 bridgehead atoms. The summed E-state index contributed by atoms with van der Waals surface area (Å²) in [5.41, 5.74) is -0.629. The van der Waals surface area contributed by atoms with E-state index in [0.717, 1.165) is 4.68 Å². The molecule has 0 amide bonds. The number of nitrogens with zero attached hydrogens (tertiary/aromatic N) is 2. The molecule has 1 heterocycles. The van der Waals surface area contributed by atoms with Gasteiger partial charge in [-0.15, -0.1) is 5.10 Å². The van der Waals surface area contributed by atoms with E-state index in [0.29, 0.717) is 0 Å². The third-order valence-corrected chi connectivity index (χ3v) is 0.993. The SMILES string of the molecule is C.Cn1nc(C(F)F)[nH]c1=O. The average Bonchev–Trinajstić information content (AvgIpc) is 2.13. The van der Waals surface area contributed by atoms with Crippen molar-refractivity contribution in [3.63, 3.8) is 0 Å². The molecule has 0 aliphatic heterocycles. The summed E-state index contributed by atoms with van der Waals surface area (Å²) in [6.45, 7) is 0. The number of alkyl halides is 2. The summed E-state index contributed by atoms with van der Waals surface area (Å²) in [7, 11) is 1.30. The summed E-state index contributed by atoms with van der Waals surface area (Å²) in [6, 6.07) is 0. The molecule has 0 atom stereocenters. The molecule has 11 heavy (non-hydrogen) atoms. The van der Waals surface area contributed by atoms with Crippen molar-refractivity contribution in [3.8, 4) is 0 Å². The summed E-state index contributed by atoms with van der Waals surface area (Å²) >= 11 is 0. The zero-order valence-electron chi connectivity index (χ0n) is 5.14. The molecule has 1 aromatic heterocycles. The molecule has 0 unspecified atom stereocenters. The first-order valence-corrected chi connectivity index (χ1v) is 2.52. The number of rotatable bonds is 1. The van der Waals surface area contributed by atoms with E-state index in [4.69, 9.17) is 0 Å². The van der Waals surface area contributed by atoms with Gasteiger partial charge in [-0.05, 0) is 0 Å². The lowest BCUT2D eigenvalue weighted by Gasteiger charge is -1.86. The van der Waals surface area contributed by atoms with Crippen LogP contribution < -0.4 is 5.69 Å². The van der Waals surface area contributed by atoms with Gasteiger partial charge < -0.3 is 0 Å². The van der Waals surface area contributed by atoms with Crippen molar-refractivity contribution in [2.45, 2.75) is 13.9 Å². The Bertz CT molecular complexity index is 278. The predicted octanol–water partition coefficient (Wildman–Crippen LogP) is 0.682. The zero-order chi connectivity index (χ0) is 7.72. The van der Waals surface area contributed by atoms with Crippen LogP contribution >= 0.6 is 0 Å². The third kappa shape index (κ3) is 1.86. The van der Waals surface area contributed by atoms with Crippen LogP contribution in [0, 0.1) is 0 Å². The van der Waals surface area contributed by atoms with E-state index >= 15 is 0 Å². The first-order chi connectivity index (χ1) is 4.61. The van der Waals surface area contributed by atoms with Crippen LogP contribution in [0.25, 0.3) is 0 Å². The molecule has 1 aromatic rings. The van der Waals surface area contributed by atoms with Crippen molar-refractivity contribution >= 4 is 0 Å².